The number of carbonyl (C=O) groups is 1. The van der Waals surface area contributed by atoms with Gasteiger partial charge < -0.3 is 14.5 Å². The molecule has 1 aliphatic rings. The second kappa shape index (κ2) is 9.14. The van der Waals surface area contributed by atoms with Gasteiger partial charge in [0, 0.05) is 18.8 Å². The minimum absolute atomic E-state index is 0.110. The van der Waals surface area contributed by atoms with Gasteiger partial charge in [0.1, 0.15) is 5.52 Å². The molecule has 4 aromatic rings. The van der Waals surface area contributed by atoms with Crippen molar-refractivity contribution >= 4 is 55.3 Å². The molecule has 5 rings (SSSR count). The molecule has 0 spiro atoms. The first-order valence-electron chi connectivity index (χ1n) is 10.4. The first-order valence-corrected chi connectivity index (χ1v) is 12.8. The van der Waals surface area contributed by atoms with Gasteiger partial charge in [0.15, 0.2) is 5.58 Å². The van der Waals surface area contributed by atoms with Crippen LogP contribution in [0.1, 0.15) is 0 Å². The van der Waals surface area contributed by atoms with Crippen LogP contribution < -0.4 is 5.32 Å². The molecule has 1 fully saturated rings. The number of ether oxygens (including phenoxy) is 1. The topological polar surface area (TPSA) is 102 Å². The minimum Gasteiger partial charge on any atom is -0.431 e. The number of oxazole rings is 1. The van der Waals surface area contributed by atoms with Crippen molar-refractivity contribution in [1.82, 2.24) is 9.29 Å². The predicted molar refractivity (Wildman–Crippen MR) is 127 cm³/mol. The molecule has 1 aromatic heterocycles. The monoisotopic (exact) mass is 483 g/mol. The fourth-order valence-corrected chi connectivity index (χ4v) is 5.70. The normalized spacial score (nSPS) is 15.2. The van der Waals surface area contributed by atoms with Crippen LogP contribution in [0.15, 0.2) is 75.2 Å². The molecule has 0 aliphatic carbocycles. The molecule has 3 aromatic carbocycles. The van der Waals surface area contributed by atoms with Crippen LogP contribution >= 0.6 is 11.8 Å². The van der Waals surface area contributed by atoms with Crippen LogP contribution in [0.5, 0.6) is 0 Å². The van der Waals surface area contributed by atoms with E-state index in [4.69, 9.17) is 9.15 Å². The molecule has 0 bridgehead atoms. The van der Waals surface area contributed by atoms with E-state index in [-0.39, 0.29) is 16.6 Å². The average molecular weight is 484 g/mol. The van der Waals surface area contributed by atoms with E-state index in [1.54, 1.807) is 6.07 Å². The van der Waals surface area contributed by atoms with Crippen LogP contribution in [-0.2, 0) is 19.6 Å². The van der Waals surface area contributed by atoms with Crippen molar-refractivity contribution in [2.24, 2.45) is 0 Å². The summed E-state index contributed by atoms with van der Waals surface area (Å²) in [5.41, 5.74) is 1.62. The van der Waals surface area contributed by atoms with Crippen molar-refractivity contribution in [3.8, 4) is 0 Å². The summed E-state index contributed by atoms with van der Waals surface area (Å²) in [5, 5.41) is 5.33. The van der Waals surface area contributed by atoms with Crippen molar-refractivity contribution in [2.75, 3.05) is 37.4 Å². The Labute approximate surface area is 195 Å². The maximum atomic E-state index is 12.9. The van der Waals surface area contributed by atoms with Crippen molar-refractivity contribution in [2.45, 2.75) is 10.1 Å². The van der Waals surface area contributed by atoms with E-state index in [1.165, 1.54) is 16.4 Å². The van der Waals surface area contributed by atoms with Crippen LogP contribution in [0.2, 0.25) is 0 Å². The molecule has 2 heterocycles. The number of rotatable bonds is 6. The second-order valence-corrected chi connectivity index (χ2v) is 10.4. The summed E-state index contributed by atoms with van der Waals surface area (Å²) >= 11 is 1.15. The third kappa shape index (κ3) is 4.74. The lowest BCUT2D eigenvalue weighted by Crippen LogP contribution is -2.40. The van der Waals surface area contributed by atoms with Crippen molar-refractivity contribution in [3.63, 3.8) is 0 Å². The number of hydrogen-bond acceptors (Lipinski definition) is 7. The van der Waals surface area contributed by atoms with Gasteiger partial charge in [-0.15, -0.1) is 0 Å². The Morgan fingerprint density at radius 2 is 1.82 bits per heavy atom. The number of anilines is 1. The quantitative estimate of drug-likeness (QED) is 0.417. The van der Waals surface area contributed by atoms with Gasteiger partial charge in [-0.2, -0.15) is 4.31 Å². The highest BCUT2D eigenvalue weighted by atomic mass is 32.2. The number of hydrogen-bond donors (Lipinski definition) is 1. The summed E-state index contributed by atoms with van der Waals surface area (Å²) in [6, 6.07) is 18.3. The Bertz CT molecular complexity index is 1430. The summed E-state index contributed by atoms with van der Waals surface area (Å²) in [5.74, 6) is -0.0772. The fraction of sp³-hybridized carbons (Fsp3) is 0.217. The molecule has 1 saturated heterocycles. The van der Waals surface area contributed by atoms with Gasteiger partial charge in [-0.05, 0) is 41.1 Å². The Morgan fingerprint density at radius 1 is 1.03 bits per heavy atom. The number of aromatic nitrogens is 1. The largest absolute Gasteiger partial charge is 0.431 e. The molecule has 1 amide bonds. The van der Waals surface area contributed by atoms with Crippen LogP contribution in [-0.4, -0.2) is 55.7 Å². The smallest absolute Gasteiger partial charge is 0.257 e. The summed E-state index contributed by atoms with van der Waals surface area (Å²) in [4.78, 5) is 16.9. The van der Waals surface area contributed by atoms with E-state index in [1.807, 2.05) is 42.5 Å². The first-order chi connectivity index (χ1) is 16.0. The minimum atomic E-state index is -3.62. The molecule has 0 radical (unpaired) electrons. The van der Waals surface area contributed by atoms with Crippen molar-refractivity contribution in [1.29, 1.82) is 0 Å². The number of nitrogens with one attached hydrogen (secondary N) is 1. The molecule has 0 saturated carbocycles. The Kier molecular flexibility index (Phi) is 6.07. The zero-order valence-electron chi connectivity index (χ0n) is 17.6. The van der Waals surface area contributed by atoms with Crippen LogP contribution in [0.25, 0.3) is 21.9 Å². The molecule has 33 heavy (non-hydrogen) atoms. The maximum Gasteiger partial charge on any atom is 0.257 e. The summed E-state index contributed by atoms with van der Waals surface area (Å²) in [6.45, 7) is 1.42. The average Bonchev–Trinajstić information content (AvgIpc) is 3.25. The van der Waals surface area contributed by atoms with Gasteiger partial charge >= 0.3 is 0 Å². The number of benzene rings is 3. The predicted octanol–water partition coefficient (Wildman–Crippen LogP) is 3.73. The van der Waals surface area contributed by atoms with Gasteiger partial charge in [0.2, 0.25) is 15.9 Å². The molecule has 1 aliphatic heterocycles. The number of thioether (sulfide) groups is 1. The van der Waals surface area contributed by atoms with Gasteiger partial charge in [-0.3, -0.25) is 4.79 Å². The highest BCUT2D eigenvalue weighted by Crippen LogP contribution is 2.27. The third-order valence-electron chi connectivity index (χ3n) is 5.31. The number of fused-ring (bicyclic) bond motifs is 2. The molecule has 10 heteroatoms. The number of nitrogens with zero attached hydrogens (tertiary/aromatic N) is 2. The zero-order valence-corrected chi connectivity index (χ0v) is 19.2. The van der Waals surface area contributed by atoms with Gasteiger partial charge in [-0.1, -0.05) is 42.1 Å². The summed E-state index contributed by atoms with van der Waals surface area (Å²) < 4.78 is 38.1. The van der Waals surface area contributed by atoms with E-state index in [0.29, 0.717) is 42.6 Å². The van der Waals surface area contributed by atoms with Gasteiger partial charge in [0.25, 0.3) is 5.22 Å². The molecule has 170 valence electrons. The molecule has 1 N–H and O–H groups in total. The van der Waals surface area contributed by atoms with E-state index in [0.717, 1.165) is 28.2 Å². The maximum absolute atomic E-state index is 12.9. The van der Waals surface area contributed by atoms with Gasteiger partial charge in [0.05, 0.1) is 23.9 Å². The zero-order chi connectivity index (χ0) is 22.8. The van der Waals surface area contributed by atoms with Crippen LogP contribution in [0.3, 0.4) is 0 Å². The molecule has 0 atom stereocenters. The third-order valence-corrected chi connectivity index (χ3v) is 8.03. The molecular weight excluding hydrogens is 462 g/mol. The molecule has 8 nitrogen and oxygen atoms in total. The van der Waals surface area contributed by atoms with Crippen molar-refractivity contribution in [3.05, 3.63) is 60.7 Å². The van der Waals surface area contributed by atoms with E-state index in [9.17, 15) is 13.2 Å². The van der Waals surface area contributed by atoms with E-state index >= 15 is 0 Å². The lowest BCUT2D eigenvalue weighted by Gasteiger charge is -2.25. The SMILES string of the molecule is O=C(CSc1nc2cc(S(=O)(=O)N3CCOCC3)ccc2o1)Nc1ccc2ccccc2c1. The number of sulfonamides is 1. The highest BCUT2D eigenvalue weighted by Gasteiger charge is 2.27. The number of carbonyl (C=O) groups excluding carboxylic acids is 1. The summed E-state index contributed by atoms with van der Waals surface area (Å²) in [6.07, 6.45) is 0. The Morgan fingerprint density at radius 3 is 2.64 bits per heavy atom. The highest BCUT2D eigenvalue weighted by molar-refractivity contribution is 7.99. The van der Waals surface area contributed by atoms with Crippen LogP contribution in [0, 0.1) is 0 Å². The van der Waals surface area contributed by atoms with E-state index in [2.05, 4.69) is 10.3 Å². The number of amides is 1. The second-order valence-electron chi connectivity index (χ2n) is 7.52. The lowest BCUT2D eigenvalue weighted by atomic mass is 10.1. The first kappa shape index (κ1) is 21.9. The summed E-state index contributed by atoms with van der Waals surface area (Å²) in [7, 11) is -3.62. The molecule has 0 unspecified atom stereocenters. The van der Waals surface area contributed by atoms with Crippen molar-refractivity contribution < 1.29 is 22.4 Å². The lowest BCUT2D eigenvalue weighted by molar-refractivity contribution is -0.113. The number of morpholine rings is 1. The van der Waals surface area contributed by atoms with Crippen LogP contribution in [0.4, 0.5) is 5.69 Å². The van der Waals surface area contributed by atoms with E-state index < -0.39 is 10.0 Å². The molecular formula is C23H21N3O5S2. The Hall–Kier alpha value is -2.92. The fourth-order valence-electron chi connectivity index (χ4n) is 3.64. The standard InChI is InChI=1S/C23H21N3O5S2/c27-22(24-18-6-5-16-3-1-2-4-17(16)13-18)15-32-23-25-20-14-19(7-8-21(20)31-23)33(28,29)26-9-11-30-12-10-26/h1-8,13-14H,9-12,15H2,(H,24,27). The Balaban J connectivity index is 1.25. The van der Waals surface area contributed by atoms with Gasteiger partial charge in [-0.25, -0.2) is 13.4 Å².